The van der Waals surface area contributed by atoms with E-state index in [1.165, 1.54) is 12.0 Å². The number of hydrazine groups is 1. The highest BCUT2D eigenvalue weighted by Gasteiger charge is 2.25. The van der Waals surface area contributed by atoms with E-state index in [-0.39, 0.29) is 11.9 Å². The van der Waals surface area contributed by atoms with Crippen LogP contribution < -0.4 is 11.3 Å². The first-order valence-corrected chi connectivity index (χ1v) is 6.76. The number of nitrogens with two attached hydrogens (primary N) is 1. The van der Waals surface area contributed by atoms with Crippen molar-refractivity contribution in [2.75, 3.05) is 25.6 Å². The van der Waals surface area contributed by atoms with E-state index in [2.05, 4.69) is 15.3 Å². The number of anilines is 1. The van der Waals surface area contributed by atoms with Crippen molar-refractivity contribution in [3.8, 4) is 0 Å². The molecule has 1 aliphatic rings. The summed E-state index contributed by atoms with van der Waals surface area (Å²) in [5, 5.41) is 0.731. The van der Waals surface area contributed by atoms with Gasteiger partial charge in [0.25, 0.3) is 0 Å². The molecule has 0 aliphatic carbocycles. The highest BCUT2D eigenvalue weighted by molar-refractivity contribution is 7.15. The van der Waals surface area contributed by atoms with Gasteiger partial charge >= 0.3 is 5.97 Å². The number of nitrogen functional groups attached to an aromatic ring is 1. The molecule has 0 aromatic carbocycles. The highest BCUT2D eigenvalue weighted by atomic mass is 32.1. The number of likely N-dealkylation sites (tertiary alicyclic amines) is 1. The minimum atomic E-state index is -0.0814. The first-order chi connectivity index (χ1) is 8.72. The summed E-state index contributed by atoms with van der Waals surface area (Å²) in [4.78, 5) is 19.0. The SMILES string of the molecule is COC(=O)C1CCN(Cc2cnc(NN)s2)CC1. The summed E-state index contributed by atoms with van der Waals surface area (Å²) < 4.78 is 4.77. The van der Waals surface area contributed by atoms with E-state index in [0.717, 1.165) is 37.6 Å². The van der Waals surface area contributed by atoms with Gasteiger partial charge in [0, 0.05) is 17.6 Å². The minimum absolute atomic E-state index is 0.0639. The number of thiazole rings is 1. The zero-order valence-electron chi connectivity index (χ0n) is 10.4. The zero-order valence-corrected chi connectivity index (χ0v) is 11.2. The molecule has 0 spiro atoms. The predicted molar refractivity (Wildman–Crippen MR) is 69.9 cm³/mol. The number of hydrogen-bond donors (Lipinski definition) is 2. The molecule has 1 aliphatic heterocycles. The van der Waals surface area contributed by atoms with Crippen LogP contribution in [0, 0.1) is 5.92 Å². The van der Waals surface area contributed by atoms with E-state index in [9.17, 15) is 4.79 Å². The zero-order chi connectivity index (χ0) is 13.0. The molecule has 1 saturated heterocycles. The number of nitrogens with one attached hydrogen (secondary N) is 1. The van der Waals surface area contributed by atoms with Crippen LogP contribution in [0.5, 0.6) is 0 Å². The second kappa shape index (κ2) is 6.12. The molecule has 0 atom stereocenters. The molecule has 6 nitrogen and oxygen atoms in total. The van der Waals surface area contributed by atoms with Gasteiger partial charge in [-0.25, -0.2) is 10.8 Å². The molecule has 0 amide bonds. The number of esters is 1. The third kappa shape index (κ3) is 3.18. The number of ether oxygens (including phenoxy) is 1. The largest absolute Gasteiger partial charge is 0.469 e. The number of aromatic nitrogens is 1. The average molecular weight is 270 g/mol. The molecule has 0 radical (unpaired) electrons. The van der Waals surface area contributed by atoms with E-state index in [4.69, 9.17) is 10.6 Å². The minimum Gasteiger partial charge on any atom is -0.469 e. The summed E-state index contributed by atoms with van der Waals surface area (Å²) >= 11 is 1.56. The second-order valence-corrected chi connectivity index (χ2v) is 5.46. The lowest BCUT2D eigenvalue weighted by atomic mass is 9.97. The van der Waals surface area contributed by atoms with Crippen LogP contribution in [-0.4, -0.2) is 36.1 Å². The number of carbonyl (C=O) groups is 1. The molecule has 2 heterocycles. The fourth-order valence-electron chi connectivity index (χ4n) is 2.16. The Hall–Kier alpha value is -1.18. The van der Waals surface area contributed by atoms with Gasteiger partial charge < -0.3 is 4.74 Å². The molecule has 3 N–H and O–H groups in total. The number of carbonyl (C=O) groups excluding carboxylic acids is 1. The Kier molecular flexibility index (Phi) is 4.51. The molecule has 0 saturated carbocycles. The van der Waals surface area contributed by atoms with E-state index in [0.29, 0.717) is 0 Å². The topological polar surface area (TPSA) is 80.5 Å². The standard InChI is InChI=1S/C11H18N4O2S/c1-17-10(16)8-2-4-15(5-3-8)7-9-6-13-11(14-12)18-9/h6,8H,2-5,7,12H2,1H3,(H,13,14). The highest BCUT2D eigenvalue weighted by Crippen LogP contribution is 2.23. The maximum absolute atomic E-state index is 11.4. The predicted octanol–water partition coefficient (Wildman–Crippen LogP) is 0.814. The van der Waals surface area contributed by atoms with Crippen LogP contribution in [0.25, 0.3) is 0 Å². The van der Waals surface area contributed by atoms with Crippen molar-refractivity contribution < 1.29 is 9.53 Å². The Morgan fingerprint density at radius 3 is 2.94 bits per heavy atom. The van der Waals surface area contributed by atoms with Crippen molar-refractivity contribution in [3.05, 3.63) is 11.1 Å². The molecule has 1 fully saturated rings. The lowest BCUT2D eigenvalue weighted by Gasteiger charge is -2.29. The number of piperidine rings is 1. The van der Waals surface area contributed by atoms with E-state index >= 15 is 0 Å². The van der Waals surface area contributed by atoms with Gasteiger partial charge in [-0.15, -0.1) is 0 Å². The van der Waals surface area contributed by atoms with E-state index in [1.54, 1.807) is 11.3 Å². The Labute approximate surface area is 110 Å². The molecule has 2 rings (SSSR count). The first kappa shape index (κ1) is 13.3. The van der Waals surface area contributed by atoms with Crippen LogP contribution in [0.15, 0.2) is 6.20 Å². The third-order valence-corrected chi connectivity index (χ3v) is 4.09. The van der Waals surface area contributed by atoms with E-state index in [1.807, 2.05) is 6.20 Å². The molecule has 100 valence electrons. The van der Waals surface area contributed by atoms with Crippen molar-refractivity contribution in [2.45, 2.75) is 19.4 Å². The van der Waals surface area contributed by atoms with Crippen LogP contribution in [0.1, 0.15) is 17.7 Å². The van der Waals surface area contributed by atoms with Crippen molar-refractivity contribution in [2.24, 2.45) is 11.8 Å². The van der Waals surface area contributed by atoms with E-state index < -0.39 is 0 Å². The van der Waals surface area contributed by atoms with Gasteiger partial charge in [0.05, 0.1) is 13.0 Å². The number of rotatable bonds is 4. The summed E-state index contributed by atoms with van der Waals surface area (Å²) in [7, 11) is 1.45. The van der Waals surface area contributed by atoms with Crippen LogP contribution >= 0.6 is 11.3 Å². The fourth-order valence-corrected chi connectivity index (χ4v) is 2.93. The van der Waals surface area contributed by atoms with Crippen molar-refractivity contribution in [1.29, 1.82) is 0 Å². The average Bonchev–Trinajstić information content (AvgIpc) is 2.86. The summed E-state index contributed by atoms with van der Waals surface area (Å²) in [5.41, 5.74) is 2.54. The molecule has 1 aromatic rings. The lowest BCUT2D eigenvalue weighted by molar-refractivity contribution is -0.147. The Balaban J connectivity index is 1.81. The Morgan fingerprint density at radius 2 is 2.39 bits per heavy atom. The van der Waals surface area contributed by atoms with Crippen LogP contribution in [0.3, 0.4) is 0 Å². The van der Waals surface area contributed by atoms with Crippen molar-refractivity contribution >= 4 is 22.4 Å². The normalized spacial score (nSPS) is 17.7. The third-order valence-electron chi connectivity index (χ3n) is 3.18. The maximum Gasteiger partial charge on any atom is 0.308 e. The molecular formula is C11H18N4O2S. The molecule has 0 unspecified atom stereocenters. The molecule has 0 bridgehead atoms. The van der Waals surface area contributed by atoms with Crippen LogP contribution in [0.2, 0.25) is 0 Å². The van der Waals surface area contributed by atoms with Gasteiger partial charge in [-0.3, -0.25) is 15.1 Å². The van der Waals surface area contributed by atoms with Crippen LogP contribution in [-0.2, 0) is 16.1 Å². The quantitative estimate of drug-likeness (QED) is 0.479. The first-order valence-electron chi connectivity index (χ1n) is 5.94. The van der Waals surface area contributed by atoms with Gasteiger partial charge in [-0.1, -0.05) is 11.3 Å². The summed E-state index contributed by atoms with van der Waals surface area (Å²) in [5.74, 6) is 5.28. The molecular weight excluding hydrogens is 252 g/mol. The molecule has 18 heavy (non-hydrogen) atoms. The number of methoxy groups -OCH3 is 1. The van der Waals surface area contributed by atoms with Gasteiger partial charge in [-0.05, 0) is 25.9 Å². The fraction of sp³-hybridized carbons (Fsp3) is 0.636. The Bertz CT molecular complexity index is 402. The summed E-state index contributed by atoms with van der Waals surface area (Å²) in [6, 6.07) is 0. The monoisotopic (exact) mass is 270 g/mol. The number of hydrogen-bond acceptors (Lipinski definition) is 7. The lowest BCUT2D eigenvalue weighted by Crippen LogP contribution is -2.36. The smallest absolute Gasteiger partial charge is 0.308 e. The second-order valence-electron chi connectivity index (χ2n) is 4.35. The molecule has 1 aromatic heterocycles. The van der Waals surface area contributed by atoms with Crippen molar-refractivity contribution in [3.63, 3.8) is 0 Å². The van der Waals surface area contributed by atoms with Crippen molar-refractivity contribution in [1.82, 2.24) is 9.88 Å². The molecule has 7 heteroatoms. The number of nitrogens with zero attached hydrogens (tertiary/aromatic N) is 2. The maximum atomic E-state index is 11.4. The Morgan fingerprint density at radius 1 is 1.67 bits per heavy atom. The van der Waals surface area contributed by atoms with Gasteiger partial charge in [0.15, 0.2) is 5.13 Å². The van der Waals surface area contributed by atoms with Crippen LogP contribution in [0.4, 0.5) is 5.13 Å². The summed E-state index contributed by atoms with van der Waals surface area (Å²) in [6.45, 7) is 2.71. The van der Waals surface area contributed by atoms with Gasteiger partial charge in [0.1, 0.15) is 0 Å². The van der Waals surface area contributed by atoms with Gasteiger partial charge in [0.2, 0.25) is 0 Å². The summed E-state index contributed by atoms with van der Waals surface area (Å²) in [6.07, 6.45) is 3.58. The van der Waals surface area contributed by atoms with Gasteiger partial charge in [-0.2, -0.15) is 0 Å².